The van der Waals surface area contributed by atoms with Crippen LogP contribution >= 0.6 is 11.8 Å². The lowest BCUT2D eigenvalue weighted by Crippen LogP contribution is -2.22. The van der Waals surface area contributed by atoms with Gasteiger partial charge in [0, 0.05) is 18.1 Å². The fourth-order valence-electron chi connectivity index (χ4n) is 3.81. The first-order valence-electron chi connectivity index (χ1n) is 10.2. The molecule has 0 aliphatic carbocycles. The van der Waals surface area contributed by atoms with Gasteiger partial charge in [-0.1, -0.05) is 42.1 Å². The molecule has 3 aromatic heterocycles. The summed E-state index contributed by atoms with van der Waals surface area (Å²) in [5, 5.41) is 1.29. The second kappa shape index (κ2) is 7.71. The van der Waals surface area contributed by atoms with Crippen molar-refractivity contribution in [3.8, 4) is 5.69 Å². The van der Waals surface area contributed by atoms with Crippen LogP contribution in [0.2, 0.25) is 0 Å². The van der Waals surface area contributed by atoms with E-state index in [0.717, 1.165) is 33.7 Å². The number of thioether (sulfide) groups is 1. The SMILES string of the molecule is Cc1cccc(-n2c(SCc3cn4cccc(C)c4n3)nc3ccccc3c2=O)c1C. The molecule has 0 bridgehead atoms. The van der Waals surface area contributed by atoms with Gasteiger partial charge in [-0.3, -0.25) is 9.36 Å². The Labute approximate surface area is 184 Å². The van der Waals surface area contributed by atoms with E-state index in [1.54, 1.807) is 4.57 Å². The first-order chi connectivity index (χ1) is 15.0. The van der Waals surface area contributed by atoms with E-state index >= 15 is 0 Å². The van der Waals surface area contributed by atoms with Crippen molar-refractivity contribution in [3.05, 3.63) is 99.7 Å². The monoisotopic (exact) mass is 426 g/mol. The molecular formula is C25H22N4OS. The molecule has 5 rings (SSSR count). The van der Waals surface area contributed by atoms with Crippen LogP contribution in [0, 0.1) is 20.8 Å². The van der Waals surface area contributed by atoms with Gasteiger partial charge in [0.1, 0.15) is 5.65 Å². The molecule has 0 amide bonds. The van der Waals surface area contributed by atoms with Crippen LogP contribution in [0.15, 0.2) is 76.9 Å². The van der Waals surface area contributed by atoms with Gasteiger partial charge in [0.05, 0.1) is 22.3 Å². The Morgan fingerprint density at radius 1 is 0.903 bits per heavy atom. The lowest BCUT2D eigenvalue weighted by molar-refractivity contribution is 0.812. The Morgan fingerprint density at radius 2 is 1.71 bits per heavy atom. The number of hydrogen-bond acceptors (Lipinski definition) is 4. The van der Waals surface area contributed by atoms with E-state index in [-0.39, 0.29) is 5.56 Å². The van der Waals surface area contributed by atoms with Crippen LogP contribution in [0.25, 0.3) is 22.2 Å². The molecule has 3 heterocycles. The summed E-state index contributed by atoms with van der Waals surface area (Å²) in [6.07, 6.45) is 4.04. The molecule has 0 aliphatic rings. The molecule has 0 atom stereocenters. The van der Waals surface area contributed by atoms with Gasteiger partial charge < -0.3 is 4.40 Å². The van der Waals surface area contributed by atoms with Crippen LogP contribution in [0.5, 0.6) is 0 Å². The molecule has 31 heavy (non-hydrogen) atoms. The van der Waals surface area contributed by atoms with Gasteiger partial charge in [-0.15, -0.1) is 0 Å². The molecule has 0 saturated heterocycles. The number of para-hydroxylation sites is 1. The van der Waals surface area contributed by atoms with Crippen LogP contribution in [-0.2, 0) is 5.75 Å². The minimum atomic E-state index is -0.0485. The smallest absolute Gasteiger partial charge is 0.266 e. The minimum absolute atomic E-state index is 0.0485. The number of hydrogen-bond donors (Lipinski definition) is 0. The third-order valence-corrected chi connectivity index (χ3v) is 6.61. The average Bonchev–Trinajstić information content (AvgIpc) is 3.19. The Morgan fingerprint density at radius 3 is 2.55 bits per heavy atom. The lowest BCUT2D eigenvalue weighted by atomic mass is 10.1. The van der Waals surface area contributed by atoms with Crippen LogP contribution in [-0.4, -0.2) is 18.9 Å². The van der Waals surface area contributed by atoms with Crippen molar-refractivity contribution in [2.75, 3.05) is 0 Å². The maximum absolute atomic E-state index is 13.5. The largest absolute Gasteiger partial charge is 0.307 e. The number of aromatic nitrogens is 4. The summed E-state index contributed by atoms with van der Waals surface area (Å²) in [4.78, 5) is 23.1. The van der Waals surface area contributed by atoms with E-state index in [1.807, 2.05) is 66.2 Å². The second-order valence-corrected chi connectivity index (χ2v) is 8.66. The summed E-state index contributed by atoms with van der Waals surface area (Å²) in [6.45, 7) is 6.16. The summed E-state index contributed by atoms with van der Waals surface area (Å²) >= 11 is 1.54. The number of rotatable bonds is 4. The van der Waals surface area contributed by atoms with Crippen LogP contribution in [0.1, 0.15) is 22.4 Å². The van der Waals surface area contributed by atoms with Gasteiger partial charge in [0.25, 0.3) is 5.56 Å². The van der Waals surface area contributed by atoms with E-state index in [2.05, 4.69) is 26.0 Å². The van der Waals surface area contributed by atoms with Gasteiger partial charge in [-0.2, -0.15) is 0 Å². The number of nitrogens with zero attached hydrogens (tertiary/aromatic N) is 4. The molecule has 0 radical (unpaired) electrons. The summed E-state index contributed by atoms with van der Waals surface area (Å²) in [5.74, 6) is 0.622. The highest BCUT2D eigenvalue weighted by atomic mass is 32.2. The number of fused-ring (bicyclic) bond motifs is 2. The molecule has 0 aliphatic heterocycles. The van der Waals surface area contributed by atoms with Gasteiger partial charge in [0.15, 0.2) is 5.16 Å². The van der Waals surface area contributed by atoms with Gasteiger partial charge in [-0.05, 0) is 61.7 Å². The Bertz CT molecular complexity index is 1500. The van der Waals surface area contributed by atoms with Gasteiger partial charge in [0.2, 0.25) is 0 Å². The molecule has 0 saturated carbocycles. The van der Waals surface area contributed by atoms with E-state index in [9.17, 15) is 4.79 Å². The molecule has 5 nitrogen and oxygen atoms in total. The van der Waals surface area contributed by atoms with Crippen LogP contribution in [0.4, 0.5) is 0 Å². The maximum atomic E-state index is 13.5. The number of aryl methyl sites for hydroxylation is 2. The van der Waals surface area contributed by atoms with Crippen molar-refractivity contribution >= 4 is 28.3 Å². The molecule has 0 N–H and O–H groups in total. The van der Waals surface area contributed by atoms with Crippen LogP contribution in [0.3, 0.4) is 0 Å². The van der Waals surface area contributed by atoms with Crippen molar-refractivity contribution < 1.29 is 0 Å². The standard InChI is InChI=1S/C25H22N4OS/c1-16-8-6-12-22(18(16)3)29-24(30)20-10-4-5-11-21(20)27-25(29)31-15-19-14-28-13-7-9-17(2)23(28)26-19/h4-14H,15H2,1-3H3. The second-order valence-electron chi connectivity index (χ2n) is 7.71. The van der Waals surface area contributed by atoms with Crippen molar-refractivity contribution in [1.29, 1.82) is 0 Å². The Hall–Kier alpha value is -3.38. The molecular weight excluding hydrogens is 404 g/mol. The highest BCUT2D eigenvalue weighted by Crippen LogP contribution is 2.27. The number of pyridine rings is 1. The van der Waals surface area contributed by atoms with Crippen molar-refractivity contribution in [3.63, 3.8) is 0 Å². The zero-order chi connectivity index (χ0) is 21.5. The quantitative estimate of drug-likeness (QED) is 0.291. The topological polar surface area (TPSA) is 52.2 Å². The summed E-state index contributed by atoms with van der Waals surface area (Å²) < 4.78 is 3.78. The molecule has 0 fully saturated rings. The predicted molar refractivity (Wildman–Crippen MR) is 126 cm³/mol. The van der Waals surface area contributed by atoms with Gasteiger partial charge in [-0.25, -0.2) is 9.97 Å². The summed E-state index contributed by atoms with van der Waals surface area (Å²) in [5.41, 5.74) is 6.79. The number of benzene rings is 2. The van der Waals surface area contributed by atoms with Gasteiger partial charge >= 0.3 is 0 Å². The van der Waals surface area contributed by atoms with E-state index in [0.29, 0.717) is 21.8 Å². The molecule has 6 heteroatoms. The van der Waals surface area contributed by atoms with Crippen LogP contribution < -0.4 is 5.56 Å². The fourth-order valence-corrected chi connectivity index (χ4v) is 4.70. The zero-order valence-corrected chi connectivity index (χ0v) is 18.5. The third kappa shape index (κ3) is 3.43. The third-order valence-electron chi connectivity index (χ3n) is 5.64. The molecule has 2 aromatic carbocycles. The maximum Gasteiger partial charge on any atom is 0.266 e. The highest BCUT2D eigenvalue weighted by Gasteiger charge is 2.16. The molecule has 5 aromatic rings. The van der Waals surface area contributed by atoms with Crippen molar-refractivity contribution in [1.82, 2.24) is 18.9 Å². The highest BCUT2D eigenvalue weighted by molar-refractivity contribution is 7.98. The number of imidazole rings is 1. The van der Waals surface area contributed by atoms with E-state index in [1.165, 1.54) is 11.8 Å². The molecule has 0 spiro atoms. The fraction of sp³-hybridized carbons (Fsp3) is 0.160. The van der Waals surface area contributed by atoms with E-state index in [4.69, 9.17) is 9.97 Å². The average molecular weight is 427 g/mol. The van der Waals surface area contributed by atoms with E-state index < -0.39 is 0 Å². The first kappa shape index (κ1) is 19.6. The zero-order valence-electron chi connectivity index (χ0n) is 17.7. The Balaban J connectivity index is 1.63. The first-order valence-corrected chi connectivity index (χ1v) is 11.2. The lowest BCUT2D eigenvalue weighted by Gasteiger charge is -2.16. The normalized spacial score (nSPS) is 11.5. The molecule has 0 unspecified atom stereocenters. The van der Waals surface area contributed by atoms with Crippen molar-refractivity contribution in [2.45, 2.75) is 31.7 Å². The molecule has 154 valence electrons. The Kier molecular flexibility index (Phi) is 4.87. The summed E-state index contributed by atoms with van der Waals surface area (Å²) in [7, 11) is 0. The minimum Gasteiger partial charge on any atom is -0.307 e. The van der Waals surface area contributed by atoms with Crippen molar-refractivity contribution in [2.24, 2.45) is 0 Å². The summed E-state index contributed by atoms with van der Waals surface area (Å²) in [6, 6.07) is 17.6. The predicted octanol–water partition coefficient (Wildman–Crippen LogP) is 5.25.